The second kappa shape index (κ2) is 6.98. The van der Waals surface area contributed by atoms with Crippen molar-refractivity contribution < 1.29 is 4.79 Å². The van der Waals surface area contributed by atoms with Crippen LogP contribution in [0.3, 0.4) is 0 Å². The van der Waals surface area contributed by atoms with Gasteiger partial charge in [0.1, 0.15) is 0 Å². The summed E-state index contributed by atoms with van der Waals surface area (Å²) in [6.45, 7) is 5.73. The van der Waals surface area contributed by atoms with E-state index in [0.717, 1.165) is 32.6 Å². The van der Waals surface area contributed by atoms with Crippen LogP contribution in [0.25, 0.3) is 0 Å². The van der Waals surface area contributed by atoms with Crippen molar-refractivity contribution in [2.24, 2.45) is 0 Å². The molecule has 0 unspecified atom stereocenters. The van der Waals surface area contributed by atoms with Crippen LogP contribution in [0.5, 0.6) is 0 Å². The Hall–Kier alpha value is -1.79. The van der Waals surface area contributed by atoms with Gasteiger partial charge >= 0.3 is 0 Å². The Morgan fingerprint density at radius 2 is 2.14 bits per heavy atom. The zero-order chi connectivity index (χ0) is 15.4. The van der Waals surface area contributed by atoms with Gasteiger partial charge in [0.05, 0.1) is 0 Å². The Morgan fingerprint density at radius 1 is 1.32 bits per heavy atom. The average Bonchev–Trinajstić information content (AvgIpc) is 3.00. The lowest BCUT2D eigenvalue weighted by Crippen LogP contribution is -2.42. The van der Waals surface area contributed by atoms with E-state index in [1.54, 1.807) is 5.38 Å². The van der Waals surface area contributed by atoms with E-state index in [4.69, 9.17) is 0 Å². The first-order chi connectivity index (χ1) is 10.7. The molecule has 0 radical (unpaired) electrons. The first-order valence-electron chi connectivity index (χ1n) is 7.58. The second-order valence-electron chi connectivity index (χ2n) is 5.71. The van der Waals surface area contributed by atoms with Gasteiger partial charge in [0.2, 0.25) is 0 Å². The van der Waals surface area contributed by atoms with Gasteiger partial charge in [-0.3, -0.25) is 9.69 Å². The number of benzene rings is 1. The summed E-state index contributed by atoms with van der Waals surface area (Å²) in [6, 6.07) is 10.7. The van der Waals surface area contributed by atoms with Crippen molar-refractivity contribution in [3.63, 3.8) is 0 Å². The van der Waals surface area contributed by atoms with Crippen LogP contribution >= 0.6 is 11.5 Å². The highest BCUT2D eigenvalue weighted by Gasteiger charge is 2.27. The van der Waals surface area contributed by atoms with Gasteiger partial charge in [0.15, 0.2) is 5.69 Å². The maximum Gasteiger partial charge on any atom is 0.275 e. The molecule has 0 aliphatic carbocycles. The lowest BCUT2D eigenvalue weighted by atomic mass is 10.2. The van der Waals surface area contributed by atoms with Crippen LogP contribution in [0.2, 0.25) is 0 Å². The summed E-state index contributed by atoms with van der Waals surface area (Å²) in [7, 11) is 0. The third-order valence-corrected chi connectivity index (χ3v) is 4.52. The molecule has 1 aromatic carbocycles. The topological polar surface area (TPSA) is 49.3 Å². The molecule has 2 aromatic rings. The molecule has 1 atom stereocenters. The van der Waals surface area contributed by atoms with E-state index in [1.807, 2.05) is 11.0 Å². The van der Waals surface area contributed by atoms with Gasteiger partial charge in [-0.1, -0.05) is 34.8 Å². The number of amides is 1. The smallest absolute Gasteiger partial charge is 0.275 e. The van der Waals surface area contributed by atoms with Crippen molar-refractivity contribution >= 4 is 17.4 Å². The van der Waals surface area contributed by atoms with Gasteiger partial charge in [-0.2, -0.15) is 0 Å². The fraction of sp³-hybridized carbons (Fsp3) is 0.438. The zero-order valence-electron chi connectivity index (χ0n) is 12.7. The molecule has 1 amide bonds. The van der Waals surface area contributed by atoms with E-state index in [-0.39, 0.29) is 11.9 Å². The van der Waals surface area contributed by atoms with E-state index in [1.165, 1.54) is 17.1 Å². The average molecular weight is 316 g/mol. The molecule has 0 saturated carbocycles. The third-order valence-electron chi connectivity index (χ3n) is 4.02. The summed E-state index contributed by atoms with van der Waals surface area (Å²) in [5.41, 5.74) is 1.78. The molecule has 0 bridgehead atoms. The molecule has 6 heteroatoms. The van der Waals surface area contributed by atoms with Crippen LogP contribution < -0.4 is 0 Å². The van der Waals surface area contributed by atoms with Gasteiger partial charge < -0.3 is 4.90 Å². The van der Waals surface area contributed by atoms with E-state index in [2.05, 4.69) is 45.7 Å². The third kappa shape index (κ3) is 3.51. The minimum absolute atomic E-state index is 0.00260. The molecule has 5 nitrogen and oxygen atoms in total. The van der Waals surface area contributed by atoms with Crippen LogP contribution in [-0.4, -0.2) is 51.0 Å². The first-order valence-corrected chi connectivity index (χ1v) is 8.42. The Kier molecular flexibility index (Phi) is 4.80. The van der Waals surface area contributed by atoms with Crippen LogP contribution in [0.1, 0.15) is 29.4 Å². The Morgan fingerprint density at radius 3 is 2.86 bits per heavy atom. The SMILES string of the molecule is C[C@@H]1CN(Cc2ccccc2)CCCN1C(=O)c1csnn1. The maximum absolute atomic E-state index is 12.5. The predicted octanol–water partition coefficient (Wildman–Crippen LogP) is 2.27. The normalized spacial score (nSPS) is 19.9. The van der Waals surface area contributed by atoms with E-state index in [0.29, 0.717) is 5.69 Å². The van der Waals surface area contributed by atoms with Crippen molar-refractivity contribution in [1.82, 2.24) is 19.4 Å². The van der Waals surface area contributed by atoms with Crippen molar-refractivity contribution in [2.75, 3.05) is 19.6 Å². The van der Waals surface area contributed by atoms with Gasteiger partial charge in [0.25, 0.3) is 5.91 Å². The fourth-order valence-electron chi connectivity index (χ4n) is 2.94. The number of rotatable bonds is 3. The number of hydrogen-bond acceptors (Lipinski definition) is 5. The zero-order valence-corrected chi connectivity index (χ0v) is 13.5. The van der Waals surface area contributed by atoms with Crippen LogP contribution in [0, 0.1) is 0 Å². The highest BCUT2D eigenvalue weighted by atomic mass is 32.1. The summed E-state index contributed by atoms with van der Waals surface area (Å²) in [6.07, 6.45) is 0.987. The van der Waals surface area contributed by atoms with Gasteiger partial charge in [0, 0.05) is 37.6 Å². The number of aromatic nitrogens is 2. The summed E-state index contributed by atoms with van der Waals surface area (Å²) in [4.78, 5) is 16.9. The molecule has 1 aliphatic rings. The molecule has 116 valence electrons. The monoisotopic (exact) mass is 316 g/mol. The van der Waals surface area contributed by atoms with Gasteiger partial charge in [-0.25, -0.2) is 0 Å². The van der Waals surface area contributed by atoms with Crippen molar-refractivity contribution in [2.45, 2.75) is 25.9 Å². The first kappa shape index (κ1) is 15.1. The minimum Gasteiger partial charge on any atom is -0.333 e. The quantitative estimate of drug-likeness (QED) is 0.871. The largest absolute Gasteiger partial charge is 0.333 e. The second-order valence-corrected chi connectivity index (χ2v) is 6.32. The molecular formula is C16H20N4OS. The van der Waals surface area contributed by atoms with Crippen LogP contribution in [0.4, 0.5) is 0 Å². The molecule has 0 N–H and O–H groups in total. The predicted molar refractivity (Wildman–Crippen MR) is 86.7 cm³/mol. The fourth-order valence-corrected chi connectivity index (χ4v) is 3.37. The Bertz CT molecular complexity index is 602. The molecular weight excluding hydrogens is 296 g/mol. The van der Waals surface area contributed by atoms with E-state index < -0.39 is 0 Å². The van der Waals surface area contributed by atoms with Crippen LogP contribution in [0.15, 0.2) is 35.7 Å². The van der Waals surface area contributed by atoms with E-state index >= 15 is 0 Å². The molecule has 0 spiro atoms. The molecule has 22 heavy (non-hydrogen) atoms. The molecule has 1 fully saturated rings. The van der Waals surface area contributed by atoms with Gasteiger partial charge in [-0.05, 0) is 30.4 Å². The Labute approximate surface area is 134 Å². The van der Waals surface area contributed by atoms with Crippen LogP contribution in [-0.2, 0) is 6.54 Å². The molecule has 2 heterocycles. The summed E-state index contributed by atoms with van der Waals surface area (Å²) in [5, 5.41) is 5.63. The Balaban J connectivity index is 1.65. The number of carbonyl (C=O) groups is 1. The highest BCUT2D eigenvalue weighted by Crippen LogP contribution is 2.15. The molecule has 3 rings (SSSR count). The highest BCUT2D eigenvalue weighted by molar-refractivity contribution is 7.03. The summed E-state index contributed by atoms with van der Waals surface area (Å²) in [5.74, 6) is 0.00260. The summed E-state index contributed by atoms with van der Waals surface area (Å²) < 4.78 is 3.79. The molecule has 1 saturated heterocycles. The van der Waals surface area contributed by atoms with Crippen molar-refractivity contribution in [3.8, 4) is 0 Å². The van der Waals surface area contributed by atoms with E-state index in [9.17, 15) is 4.79 Å². The lowest BCUT2D eigenvalue weighted by molar-refractivity contribution is 0.0685. The number of nitrogens with zero attached hydrogens (tertiary/aromatic N) is 4. The lowest BCUT2D eigenvalue weighted by Gasteiger charge is -2.28. The molecule has 1 aromatic heterocycles. The number of carbonyl (C=O) groups excluding carboxylic acids is 1. The maximum atomic E-state index is 12.5. The summed E-state index contributed by atoms with van der Waals surface area (Å²) >= 11 is 1.22. The number of hydrogen-bond donors (Lipinski definition) is 0. The van der Waals surface area contributed by atoms with Crippen molar-refractivity contribution in [3.05, 3.63) is 47.0 Å². The van der Waals surface area contributed by atoms with Gasteiger partial charge in [-0.15, -0.1) is 5.10 Å². The minimum atomic E-state index is 0.00260. The standard InChI is InChI=1S/C16H20N4OS/c1-13-10-19(11-14-6-3-2-4-7-14)8-5-9-20(13)16(21)15-12-22-18-17-15/h2-4,6-7,12-13H,5,8-11H2,1H3/t13-/m1/s1. The molecule has 1 aliphatic heterocycles. The van der Waals surface area contributed by atoms with Crippen molar-refractivity contribution in [1.29, 1.82) is 0 Å².